The van der Waals surface area contributed by atoms with Gasteiger partial charge in [-0.25, -0.2) is 4.39 Å². The van der Waals surface area contributed by atoms with Gasteiger partial charge in [-0.05, 0) is 40.5 Å². The van der Waals surface area contributed by atoms with Gasteiger partial charge in [0.05, 0.1) is 11.0 Å². The van der Waals surface area contributed by atoms with Crippen molar-refractivity contribution in [3.63, 3.8) is 0 Å². The van der Waals surface area contributed by atoms with Crippen molar-refractivity contribution in [1.82, 2.24) is 10.2 Å². The molecule has 5 nitrogen and oxygen atoms in total. The van der Waals surface area contributed by atoms with Crippen LogP contribution in [0, 0.1) is 5.82 Å². The molecule has 7 heteroatoms. The summed E-state index contributed by atoms with van der Waals surface area (Å²) in [6, 6.07) is 3.98. The molecule has 2 amide bonds. The van der Waals surface area contributed by atoms with Crippen molar-refractivity contribution in [2.24, 2.45) is 0 Å². The van der Waals surface area contributed by atoms with Gasteiger partial charge in [0.2, 0.25) is 5.91 Å². The van der Waals surface area contributed by atoms with Crippen LogP contribution in [0.4, 0.5) is 4.39 Å². The first-order valence-corrected chi connectivity index (χ1v) is 7.21. The second-order valence-electron chi connectivity index (χ2n) is 4.49. The molecule has 21 heavy (non-hydrogen) atoms. The van der Waals surface area contributed by atoms with E-state index in [0.29, 0.717) is 25.1 Å². The summed E-state index contributed by atoms with van der Waals surface area (Å²) in [5, 5.41) is 2.69. The maximum absolute atomic E-state index is 13.1. The first kappa shape index (κ1) is 17.6. The lowest BCUT2D eigenvalue weighted by molar-refractivity contribution is -0.121. The van der Waals surface area contributed by atoms with Gasteiger partial charge >= 0.3 is 0 Å². The second kappa shape index (κ2) is 8.74. The second-order valence-corrected chi connectivity index (χ2v) is 5.34. The van der Waals surface area contributed by atoms with E-state index >= 15 is 0 Å². The number of benzene rings is 1. The molecule has 0 aliphatic rings. The highest BCUT2D eigenvalue weighted by atomic mass is 79.9. The number of hydrogen-bond acceptors (Lipinski definition) is 3. The minimum atomic E-state index is -0.440. The third-order valence-corrected chi connectivity index (χ3v) is 3.35. The molecule has 1 aromatic carbocycles. The molecule has 0 aromatic heterocycles. The van der Waals surface area contributed by atoms with Gasteiger partial charge in [0, 0.05) is 32.9 Å². The molecule has 0 radical (unpaired) electrons. The van der Waals surface area contributed by atoms with Gasteiger partial charge in [0.1, 0.15) is 5.82 Å². The van der Waals surface area contributed by atoms with E-state index in [1.165, 1.54) is 30.1 Å². The number of hydrogen-bond donors (Lipinski definition) is 1. The molecule has 0 saturated heterocycles. The third kappa shape index (κ3) is 5.81. The van der Waals surface area contributed by atoms with Gasteiger partial charge in [-0.2, -0.15) is 0 Å². The molecule has 1 aromatic rings. The third-order valence-electron chi connectivity index (χ3n) is 2.74. The average Bonchev–Trinajstić information content (AvgIpc) is 2.45. The van der Waals surface area contributed by atoms with E-state index < -0.39 is 5.82 Å². The summed E-state index contributed by atoms with van der Waals surface area (Å²) in [5.74, 6) is -1.03. The predicted molar refractivity (Wildman–Crippen MR) is 80.6 cm³/mol. The Hall–Kier alpha value is -1.47. The Bertz CT molecular complexity index is 511. The Morgan fingerprint density at radius 2 is 2.14 bits per heavy atom. The van der Waals surface area contributed by atoms with Crippen LogP contribution in [0.2, 0.25) is 0 Å². The maximum Gasteiger partial charge on any atom is 0.254 e. The largest absolute Gasteiger partial charge is 0.385 e. The molecule has 0 unspecified atom stereocenters. The number of likely N-dealkylation sites (N-methyl/N-ethyl adjacent to an activating group) is 1. The van der Waals surface area contributed by atoms with Crippen molar-refractivity contribution in [3.8, 4) is 0 Å². The molecule has 0 saturated carbocycles. The Labute approximate surface area is 131 Å². The number of halogens is 2. The van der Waals surface area contributed by atoms with Gasteiger partial charge in [-0.15, -0.1) is 0 Å². The predicted octanol–water partition coefficient (Wildman–Crippen LogP) is 1.81. The lowest BCUT2D eigenvalue weighted by Gasteiger charge is -2.17. The Balaban J connectivity index is 2.50. The van der Waals surface area contributed by atoms with Crippen LogP contribution in [-0.4, -0.2) is 50.6 Å². The molecule has 116 valence electrons. The summed E-state index contributed by atoms with van der Waals surface area (Å²) >= 11 is 3.03. The van der Waals surface area contributed by atoms with E-state index in [9.17, 15) is 14.0 Å². The molecule has 0 spiro atoms. The molecule has 0 fully saturated rings. The lowest BCUT2D eigenvalue weighted by Crippen LogP contribution is -2.38. The molecule has 1 N–H and O–H groups in total. The summed E-state index contributed by atoms with van der Waals surface area (Å²) < 4.78 is 18.2. The minimum absolute atomic E-state index is 0.0548. The van der Waals surface area contributed by atoms with Gasteiger partial charge in [-0.1, -0.05) is 0 Å². The molecule has 0 heterocycles. The SMILES string of the molecule is COCCCNC(=O)CN(C)C(=O)c1ccc(F)c(Br)c1. The van der Waals surface area contributed by atoms with E-state index in [2.05, 4.69) is 21.2 Å². The molecule has 0 bridgehead atoms. The smallest absolute Gasteiger partial charge is 0.254 e. The number of carbonyl (C=O) groups excluding carboxylic acids is 2. The van der Waals surface area contributed by atoms with E-state index in [-0.39, 0.29) is 22.8 Å². The highest BCUT2D eigenvalue weighted by Crippen LogP contribution is 2.17. The van der Waals surface area contributed by atoms with E-state index in [1.54, 1.807) is 7.11 Å². The molecule has 0 aliphatic heterocycles. The highest BCUT2D eigenvalue weighted by Gasteiger charge is 2.15. The van der Waals surface area contributed by atoms with Crippen LogP contribution < -0.4 is 5.32 Å². The normalized spacial score (nSPS) is 10.3. The summed E-state index contributed by atoms with van der Waals surface area (Å²) in [6.07, 6.45) is 0.713. The standard InChI is InChI=1S/C14H18BrFN2O3/c1-18(9-13(19)17-6-3-7-21-2)14(20)10-4-5-12(16)11(15)8-10/h4-5,8H,3,6-7,9H2,1-2H3,(H,17,19). The van der Waals surface area contributed by atoms with Crippen LogP contribution in [0.3, 0.4) is 0 Å². The number of amides is 2. The average molecular weight is 361 g/mol. The van der Waals surface area contributed by atoms with Crippen molar-refractivity contribution in [3.05, 3.63) is 34.1 Å². The van der Waals surface area contributed by atoms with E-state index in [0.717, 1.165) is 0 Å². The van der Waals surface area contributed by atoms with Crippen LogP contribution >= 0.6 is 15.9 Å². The molecular formula is C14H18BrFN2O3. The number of nitrogens with zero attached hydrogens (tertiary/aromatic N) is 1. The van der Waals surface area contributed by atoms with Crippen LogP contribution in [-0.2, 0) is 9.53 Å². The maximum atomic E-state index is 13.1. The summed E-state index contributed by atoms with van der Waals surface area (Å²) in [5.41, 5.74) is 0.318. The Morgan fingerprint density at radius 3 is 2.76 bits per heavy atom. The van der Waals surface area contributed by atoms with E-state index in [4.69, 9.17) is 4.74 Å². The van der Waals surface area contributed by atoms with Crippen molar-refractivity contribution >= 4 is 27.7 Å². The van der Waals surface area contributed by atoms with Crippen molar-refractivity contribution in [2.45, 2.75) is 6.42 Å². The van der Waals surface area contributed by atoms with Gasteiger partial charge < -0.3 is 15.0 Å². The number of methoxy groups -OCH3 is 1. The summed E-state index contributed by atoms with van der Waals surface area (Å²) in [7, 11) is 3.11. The van der Waals surface area contributed by atoms with Crippen molar-refractivity contribution in [1.29, 1.82) is 0 Å². The monoisotopic (exact) mass is 360 g/mol. The summed E-state index contributed by atoms with van der Waals surface area (Å²) in [4.78, 5) is 25.0. The topological polar surface area (TPSA) is 58.6 Å². The zero-order valence-corrected chi connectivity index (χ0v) is 13.6. The van der Waals surface area contributed by atoms with Gasteiger partial charge in [0.25, 0.3) is 5.91 Å². The van der Waals surface area contributed by atoms with Gasteiger partial charge in [0.15, 0.2) is 0 Å². The van der Waals surface area contributed by atoms with Crippen molar-refractivity contribution in [2.75, 3.05) is 33.9 Å². The fourth-order valence-corrected chi connectivity index (χ4v) is 2.02. The molecule has 0 aliphatic carbocycles. The number of nitrogens with one attached hydrogen (secondary N) is 1. The first-order valence-electron chi connectivity index (χ1n) is 6.42. The van der Waals surface area contributed by atoms with Crippen LogP contribution in [0.15, 0.2) is 22.7 Å². The number of rotatable bonds is 7. The van der Waals surface area contributed by atoms with Gasteiger partial charge in [-0.3, -0.25) is 9.59 Å². The number of ether oxygens (including phenoxy) is 1. The fourth-order valence-electron chi connectivity index (χ4n) is 1.64. The molecule has 1 rings (SSSR count). The van der Waals surface area contributed by atoms with Crippen molar-refractivity contribution < 1.29 is 18.7 Å². The zero-order chi connectivity index (χ0) is 15.8. The zero-order valence-electron chi connectivity index (χ0n) is 12.0. The molecular weight excluding hydrogens is 343 g/mol. The van der Waals surface area contributed by atoms with E-state index in [1.807, 2.05) is 0 Å². The quantitative estimate of drug-likeness (QED) is 0.754. The van der Waals surface area contributed by atoms with Crippen LogP contribution in [0.1, 0.15) is 16.8 Å². The number of carbonyl (C=O) groups is 2. The highest BCUT2D eigenvalue weighted by molar-refractivity contribution is 9.10. The Kier molecular flexibility index (Phi) is 7.31. The van der Waals surface area contributed by atoms with Crippen LogP contribution in [0.5, 0.6) is 0 Å². The van der Waals surface area contributed by atoms with Crippen LogP contribution in [0.25, 0.3) is 0 Å². The first-order chi connectivity index (χ1) is 9.95. The summed E-state index contributed by atoms with van der Waals surface area (Å²) in [6.45, 7) is 1.01. The minimum Gasteiger partial charge on any atom is -0.385 e. The fraction of sp³-hybridized carbons (Fsp3) is 0.429. The lowest BCUT2D eigenvalue weighted by atomic mass is 10.2. The molecule has 0 atom stereocenters. The Morgan fingerprint density at radius 1 is 1.43 bits per heavy atom.